The number of nitrogens with zero attached hydrogens (tertiary/aromatic N) is 5. The van der Waals surface area contributed by atoms with Crippen LogP contribution in [0.2, 0.25) is 0 Å². The molecular weight excluding hydrogens is 502 g/mol. The Hall–Kier alpha value is -5.26. The van der Waals surface area contributed by atoms with Crippen LogP contribution in [0.1, 0.15) is 27.1 Å². The van der Waals surface area contributed by atoms with Crippen molar-refractivity contribution < 1.29 is 19.2 Å². The van der Waals surface area contributed by atoms with Crippen LogP contribution < -0.4 is 15.8 Å². The van der Waals surface area contributed by atoms with E-state index in [0.717, 1.165) is 11.1 Å². The van der Waals surface area contributed by atoms with Gasteiger partial charge in [-0.2, -0.15) is 5.10 Å². The number of carbonyl (C=O) groups is 2. The Morgan fingerprint density at radius 3 is 2.62 bits per heavy atom. The van der Waals surface area contributed by atoms with E-state index in [1.807, 2.05) is 6.20 Å². The van der Waals surface area contributed by atoms with Crippen molar-refractivity contribution in [2.45, 2.75) is 12.5 Å². The third kappa shape index (κ3) is 5.69. The maximum atomic E-state index is 13.1. The van der Waals surface area contributed by atoms with Gasteiger partial charge in [-0.1, -0.05) is 6.07 Å². The van der Waals surface area contributed by atoms with Crippen LogP contribution in [0.25, 0.3) is 11.1 Å². The molecule has 0 bridgehead atoms. The quantitative estimate of drug-likeness (QED) is 0.273. The molecular formula is C27H25N7O5. The van der Waals surface area contributed by atoms with Gasteiger partial charge in [-0.25, -0.2) is 4.98 Å². The zero-order chi connectivity index (χ0) is 27.5. The predicted molar refractivity (Wildman–Crippen MR) is 142 cm³/mol. The molecule has 2 aromatic heterocycles. The van der Waals surface area contributed by atoms with Crippen LogP contribution in [0, 0.1) is 10.1 Å². The SMILES string of the molecule is Cn1cc(-c2cnc(N)c(C(=O)N[C@@H]3CCN(C(=O)c4ccc(Oc5cccc([N+](=O)[O-])c5)cc4)C3)c2)cn1. The first-order chi connectivity index (χ1) is 18.8. The number of aromatic nitrogens is 3. The second-order valence-corrected chi connectivity index (χ2v) is 9.15. The summed E-state index contributed by atoms with van der Waals surface area (Å²) in [5.74, 6) is 0.362. The summed E-state index contributed by atoms with van der Waals surface area (Å²) in [6, 6.07) is 13.8. The number of anilines is 1. The highest BCUT2D eigenvalue weighted by Gasteiger charge is 2.29. The minimum absolute atomic E-state index is 0.0740. The maximum absolute atomic E-state index is 13.1. The fourth-order valence-electron chi connectivity index (χ4n) is 4.36. The summed E-state index contributed by atoms with van der Waals surface area (Å²) in [6.45, 7) is 0.839. The summed E-state index contributed by atoms with van der Waals surface area (Å²) in [5, 5.41) is 18.1. The van der Waals surface area contributed by atoms with Gasteiger partial charge in [0.05, 0.1) is 22.7 Å². The molecule has 198 valence electrons. The van der Waals surface area contributed by atoms with Crippen molar-refractivity contribution >= 4 is 23.3 Å². The highest BCUT2D eigenvalue weighted by molar-refractivity contribution is 6.00. The smallest absolute Gasteiger partial charge is 0.273 e. The monoisotopic (exact) mass is 527 g/mol. The lowest BCUT2D eigenvalue weighted by Gasteiger charge is -2.18. The van der Waals surface area contributed by atoms with Crippen LogP contribution in [0.3, 0.4) is 0 Å². The molecule has 1 aliphatic rings. The number of hydrogen-bond donors (Lipinski definition) is 2. The van der Waals surface area contributed by atoms with Gasteiger partial charge in [-0.3, -0.25) is 24.4 Å². The Balaban J connectivity index is 1.19. The fourth-order valence-corrected chi connectivity index (χ4v) is 4.36. The molecule has 1 atom stereocenters. The van der Waals surface area contributed by atoms with Crippen LogP contribution in [0.4, 0.5) is 11.5 Å². The van der Waals surface area contributed by atoms with Crippen LogP contribution >= 0.6 is 0 Å². The molecule has 12 nitrogen and oxygen atoms in total. The van der Waals surface area contributed by atoms with E-state index >= 15 is 0 Å². The fraction of sp³-hybridized carbons (Fsp3) is 0.185. The third-order valence-corrected chi connectivity index (χ3v) is 6.38. The van der Waals surface area contributed by atoms with Crippen molar-refractivity contribution in [3.8, 4) is 22.6 Å². The van der Waals surface area contributed by atoms with Crippen LogP contribution in [-0.2, 0) is 7.05 Å². The molecule has 0 radical (unpaired) electrons. The van der Waals surface area contributed by atoms with E-state index in [9.17, 15) is 19.7 Å². The van der Waals surface area contributed by atoms with Crippen molar-refractivity contribution in [1.29, 1.82) is 0 Å². The van der Waals surface area contributed by atoms with E-state index in [1.54, 1.807) is 65.4 Å². The molecule has 0 aliphatic carbocycles. The van der Waals surface area contributed by atoms with Crippen LogP contribution in [0.5, 0.6) is 11.5 Å². The van der Waals surface area contributed by atoms with Crippen molar-refractivity contribution in [2.75, 3.05) is 18.8 Å². The molecule has 0 unspecified atom stereocenters. The van der Waals surface area contributed by atoms with Gasteiger partial charge in [0.25, 0.3) is 17.5 Å². The van der Waals surface area contributed by atoms with Crippen molar-refractivity contribution in [3.63, 3.8) is 0 Å². The van der Waals surface area contributed by atoms with Gasteiger partial charge in [0, 0.05) is 61.3 Å². The third-order valence-electron chi connectivity index (χ3n) is 6.38. The molecule has 5 rings (SSSR count). The molecule has 1 fully saturated rings. The number of nitro groups is 1. The second-order valence-electron chi connectivity index (χ2n) is 9.15. The number of pyridine rings is 1. The predicted octanol–water partition coefficient (Wildman–Crippen LogP) is 3.41. The van der Waals surface area contributed by atoms with Gasteiger partial charge < -0.3 is 20.7 Å². The van der Waals surface area contributed by atoms with Gasteiger partial charge in [0.2, 0.25) is 0 Å². The molecule has 2 amide bonds. The number of likely N-dealkylation sites (tertiary alicyclic amines) is 1. The summed E-state index contributed by atoms with van der Waals surface area (Å²) in [4.78, 5) is 42.4. The Morgan fingerprint density at radius 1 is 1.10 bits per heavy atom. The van der Waals surface area contributed by atoms with E-state index in [4.69, 9.17) is 10.5 Å². The molecule has 1 saturated heterocycles. The first kappa shape index (κ1) is 25.4. The van der Waals surface area contributed by atoms with Crippen LogP contribution in [-0.4, -0.2) is 55.5 Å². The minimum Gasteiger partial charge on any atom is -0.457 e. The standard InChI is InChI=1S/C27H25N7O5/c1-32-15-19(14-30-32)18-11-24(25(28)29-13-18)26(35)31-20-9-10-33(16-20)27(36)17-5-7-22(8-6-17)39-23-4-2-3-21(12-23)34(37)38/h2-8,11-15,20H,9-10,16H2,1H3,(H2,28,29)(H,31,35)/t20-/m1/s1. The molecule has 1 aliphatic heterocycles. The average molecular weight is 528 g/mol. The first-order valence-electron chi connectivity index (χ1n) is 12.1. The summed E-state index contributed by atoms with van der Waals surface area (Å²) in [7, 11) is 1.80. The van der Waals surface area contributed by atoms with Crippen molar-refractivity contribution in [2.24, 2.45) is 7.05 Å². The van der Waals surface area contributed by atoms with E-state index in [2.05, 4.69) is 15.4 Å². The van der Waals surface area contributed by atoms with Crippen molar-refractivity contribution in [1.82, 2.24) is 25.0 Å². The topological polar surface area (TPSA) is 159 Å². The molecule has 3 heterocycles. The molecule has 39 heavy (non-hydrogen) atoms. The number of nitrogen functional groups attached to an aromatic ring is 1. The lowest BCUT2D eigenvalue weighted by atomic mass is 10.1. The first-order valence-corrected chi connectivity index (χ1v) is 12.1. The second kappa shape index (κ2) is 10.6. The Labute approximate surface area is 223 Å². The van der Waals surface area contributed by atoms with E-state index in [-0.39, 0.29) is 34.9 Å². The number of amides is 2. The largest absolute Gasteiger partial charge is 0.457 e. The molecule has 0 saturated carbocycles. The van der Waals surface area contributed by atoms with Gasteiger partial charge >= 0.3 is 0 Å². The van der Waals surface area contributed by atoms with Gasteiger partial charge in [-0.05, 0) is 42.8 Å². The number of benzene rings is 2. The highest BCUT2D eigenvalue weighted by Crippen LogP contribution is 2.26. The normalized spacial score (nSPS) is 14.7. The van der Waals surface area contributed by atoms with Gasteiger partial charge in [0.1, 0.15) is 17.3 Å². The number of hydrogen-bond acceptors (Lipinski definition) is 8. The number of carbonyl (C=O) groups excluding carboxylic acids is 2. The summed E-state index contributed by atoms with van der Waals surface area (Å²) in [6.07, 6.45) is 5.70. The lowest BCUT2D eigenvalue weighted by Crippen LogP contribution is -2.38. The Kier molecular flexibility index (Phi) is 6.91. The van der Waals surface area contributed by atoms with Gasteiger partial charge in [0.15, 0.2) is 0 Å². The van der Waals surface area contributed by atoms with Gasteiger partial charge in [-0.15, -0.1) is 0 Å². The average Bonchev–Trinajstić information content (AvgIpc) is 3.58. The zero-order valence-electron chi connectivity index (χ0n) is 21.0. The molecule has 4 aromatic rings. The number of nitro benzene ring substituents is 1. The Bertz CT molecular complexity index is 1550. The minimum atomic E-state index is -0.494. The number of nitrogens with one attached hydrogen (secondary N) is 1. The van der Waals surface area contributed by atoms with E-state index < -0.39 is 4.92 Å². The molecule has 12 heteroatoms. The molecule has 0 spiro atoms. The van der Waals surface area contributed by atoms with Crippen LogP contribution in [0.15, 0.2) is 73.2 Å². The number of nitrogens with two attached hydrogens (primary N) is 1. The lowest BCUT2D eigenvalue weighted by molar-refractivity contribution is -0.384. The number of aryl methyl sites for hydroxylation is 1. The van der Waals surface area contributed by atoms with E-state index in [0.29, 0.717) is 36.6 Å². The summed E-state index contributed by atoms with van der Waals surface area (Å²) < 4.78 is 7.34. The number of non-ortho nitro benzene ring substituents is 1. The van der Waals surface area contributed by atoms with E-state index in [1.165, 1.54) is 18.2 Å². The van der Waals surface area contributed by atoms with Crippen molar-refractivity contribution in [3.05, 3.63) is 94.4 Å². The highest BCUT2D eigenvalue weighted by atomic mass is 16.6. The molecule has 3 N–H and O–H groups in total. The number of ether oxygens (including phenoxy) is 1. The zero-order valence-corrected chi connectivity index (χ0v) is 21.0. The molecule has 2 aromatic carbocycles. The summed E-state index contributed by atoms with van der Waals surface area (Å²) >= 11 is 0. The maximum Gasteiger partial charge on any atom is 0.273 e. The summed E-state index contributed by atoms with van der Waals surface area (Å²) in [5.41, 5.74) is 8.18. The Morgan fingerprint density at radius 2 is 1.90 bits per heavy atom. The number of rotatable bonds is 7.